The average molecular weight is 437 g/mol. The van der Waals surface area contributed by atoms with Crippen LogP contribution in [0, 0.1) is 0 Å². The molecule has 1 aliphatic carbocycles. The molecule has 6 nitrogen and oxygen atoms in total. The number of aryl methyl sites for hydroxylation is 1. The zero-order chi connectivity index (χ0) is 22.3. The molecule has 1 N–H and O–H groups in total. The Kier molecular flexibility index (Phi) is 7.30. The number of hydrogen-bond acceptors (Lipinski definition) is 4. The predicted molar refractivity (Wildman–Crippen MR) is 123 cm³/mol. The van der Waals surface area contributed by atoms with Crippen molar-refractivity contribution >= 4 is 11.8 Å². The summed E-state index contributed by atoms with van der Waals surface area (Å²) >= 11 is 0. The number of hydrogen-bond donors (Lipinski definition) is 1. The van der Waals surface area contributed by atoms with Crippen molar-refractivity contribution < 1.29 is 19.1 Å². The second kappa shape index (κ2) is 10.5. The topological polar surface area (TPSA) is 67.9 Å². The molecule has 4 rings (SSSR count). The molecule has 6 heteroatoms. The van der Waals surface area contributed by atoms with Gasteiger partial charge in [0.2, 0.25) is 18.6 Å². The molecule has 170 valence electrons. The summed E-state index contributed by atoms with van der Waals surface area (Å²) in [5, 5.41) is 3.15. The van der Waals surface area contributed by atoms with Crippen molar-refractivity contribution in [2.45, 2.75) is 64.0 Å². The lowest BCUT2D eigenvalue weighted by Crippen LogP contribution is -2.50. The van der Waals surface area contributed by atoms with Crippen LogP contribution in [0.5, 0.6) is 11.5 Å². The van der Waals surface area contributed by atoms with E-state index < -0.39 is 6.04 Å². The first-order valence-electron chi connectivity index (χ1n) is 11.6. The van der Waals surface area contributed by atoms with Gasteiger partial charge >= 0.3 is 0 Å². The first-order valence-corrected chi connectivity index (χ1v) is 11.6. The third-order valence-corrected chi connectivity index (χ3v) is 6.42. The summed E-state index contributed by atoms with van der Waals surface area (Å²) in [6.45, 7) is 2.59. The Bertz CT molecular complexity index is 925. The van der Waals surface area contributed by atoms with E-state index in [1.165, 1.54) is 0 Å². The highest BCUT2D eigenvalue weighted by Crippen LogP contribution is 2.32. The van der Waals surface area contributed by atoms with E-state index in [0.29, 0.717) is 19.4 Å². The molecule has 1 heterocycles. The average Bonchev–Trinajstić information content (AvgIpc) is 3.50. The molecule has 2 aromatic carbocycles. The summed E-state index contributed by atoms with van der Waals surface area (Å²) in [7, 11) is 0. The van der Waals surface area contributed by atoms with Crippen LogP contribution in [-0.2, 0) is 22.4 Å². The van der Waals surface area contributed by atoms with E-state index in [9.17, 15) is 9.59 Å². The van der Waals surface area contributed by atoms with Crippen LogP contribution in [0.4, 0.5) is 0 Å². The van der Waals surface area contributed by atoms with Gasteiger partial charge in [0, 0.05) is 19.0 Å². The van der Waals surface area contributed by atoms with Gasteiger partial charge in [0.15, 0.2) is 11.5 Å². The minimum Gasteiger partial charge on any atom is -0.454 e. The van der Waals surface area contributed by atoms with E-state index in [1.54, 1.807) is 4.90 Å². The Labute approximate surface area is 189 Å². The van der Waals surface area contributed by atoms with Gasteiger partial charge in [-0.1, -0.05) is 49.2 Å². The van der Waals surface area contributed by atoms with E-state index >= 15 is 0 Å². The van der Waals surface area contributed by atoms with Crippen molar-refractivity contribution in [1.29, 1.82) is 0 Å². The van der Waals surface area contributed by atoms with Gasteiger partial charge in [-0.2, -0.15) is 0 Å². The van der Waals surface area contributed by atoms with Crippen LogP contribution in [0.15, 0.2) is 48.5 Å². The second-order valence-electron chi connectivity index (χ2n) is 8.68. The van der Waals surface area contributed by atoms with E-state index in [1.807, 2.05) is 43.3 Å². The number of fused-ring (bicyclic) bond motifs is 1. The standard InChI is InChI=1S/C26H32N2O4/c1-19(26(30)27-22-9-5-6-10-22)28(16-15-20-7-3-2-4-8-20)25(29)14-12-21-11-13-23-24(17-21)32-18-31-23/h2-4,7-8,11,13,17,19,22H,5-6,9-10,12,14-16,18H2,1H3,(H,27,30)/t19-/m1/s1. The smallest absolute Gasteiger partial charge is 0.242 e. The molecule has 1 atom stereocenters. The lowest BCUT2D eigenvalue weighted by molar-refractivity contribution is -0.140. The normalized spacial score (nSPS) is 16.0. The minimum absolute atomic E-state index is 0.00679. The van der Waals surface area contributed by atoms with E-state index in [2.05, 4.69) is 17.4 Å². The third-order valence-electron chi connectivity index (χ3n) is 6.42. The molecule has 1 saturated carbocycles. The molecule has 0 bridgehead atoms. The van der Waals surface area contributed by atoms with Gasteiger partial charge in [-0.3, -0.25) is 9.59 Å². The summed E-state index contributed by atoms with van der Waals surface area (Å²) in [6, 6.07) is 15.6. The van der Waals surface area contributed by atoms with Gasteiger partial charge in [0.05, 0.1) is 0 Å². The van der Waals surface area contributed by atoms with E-state index in [4.69, 9.17) is 9.47 Å². The molecule has 2 aliphatic rings. The molecule has 0 saturated heterocycles. The van der Waals surface area contributed by atoms with Crippen molar-refractivity contribution in [3.63, 3.8) is 0 Å². The largest absolute Gasteiger partial charge is 0.454 e. The maximum absolute atomic E-state index is 13.2. The first kappa shape index (κ1) is 22.2. The Morgan fingerprint density at radius 3 is 2.53 bits per heavy atom. The highest BCUT2D eigenvalue weighted by molar-refractivity contribution is 5.87. The Morgan fingerprint density at radius 2 is 1.75 bits per heavy atom. The summed E-state index contributed by atoms with van der Waals surface area (Å²) in [4.78, 5) is 27.9. The maximum Gasteiger partial charge on any atom is 0.242 e. The van der Waals surface area contributed by atoms with Crippen molar-refractivity contribution in [3.8, 4) is 11.5 Å². The van der Waals surface area contributed by atoms with Gasteiger partial charge in [-0.15, -0.1) is 0 Å². The summed E-state index contributed by atoms with van der Waals surface area (Å²) in [5.41, 5.74) is 2.18. The van der Waals surface area contributed by atoms with Crippen LogP contribution < -0.4 is 14.8 Å². The number of nitrogens with zero attached hydrogens (tertiary/aromatic N) is 1. The maximum atomic E-state index is 13.2. The molecule has 1 fully saturated rings. The molecule has 1 aliphatic heterocycles. The monoisotopic (exact) mass is 436 g/mol. The highest BCUT2D eigenvalue weighted by Gasteiger charge is 2.28. The van der Waals surface area contributed by atoms with Crippen molar-refractivity contribution in [2.24, 2.45) is 0 Å². The molecular formula is C26H32N2O4. The number of carbonyl (C=O) groups is 2. The Balaban J connectivity index is 1.40. The van der Waals surface area contributed by atoms with Crippen molar-refractivity contribution in [3.05, 3.63) is 59.7 Å². The summed E-state index contributed by atoms with van der Waals surface area (Å²) < 4.78 is 10.8. The fourth-order valence-electron chi connectivity index (χ4n) is 4.45. The molecule has 0 radical (unpaired) electrons. The molecule has 32 heavy (non-hydrogen) atoms. The first-order chi connectivity index (χ1) is 15.6. The number of benzene rings is 2. The van der Waals surface area contributed by atoms with Crippen LogP contribution >= 0.6 is 0 Å². The number of amides is 2. The molecule has 2 aromatic rings. The van der Waals surface area contributed by atoms with Crippen molar-refractivity contribution in [1.82, 2.24) is 10.2 Å². The van der Waals surface area contributed by atoms with Crippen LogP contribution in [0.1, 0.15) is 50.2 Å². The number of ether oxygens (including phenoxy) is 2. The molecule has 0 aromatic heterocycles. The zero-order valence-electron chi connectivity index (χ0n) is 18.7. The third kappa shape index (κ3) is 5.61. The van der Waals surface area contributed by atoms with Gasteiger partial charge in [-0.05, 0) is 55.9 Å². The van der Waals surface area contributed by atoms with Crippen molar-refractivity contribution in [2.75, 3.05) is 13.3 Å². The SMILES string of the molecule is C[C@H](C(=O)NC1CCCC1)N(CCc1ccccc1)C(=O)CCc1ccc2c(c1)OCO2. The van der Waals surface area contributed by atoms with Crippen LogP contribution in [0.25, 0.3) is 0 Å². The summed E-state index contributed by atoms with van der Waals surface area (Å²) in [5.74, 6) is 1.40. The number of carbonyl (C=O) groups excluding carboxylic acids is 2. The Hall–Kier alpha value is -3.02. The predicted octanol–water partition coefficient (Wildman–Crippen LogP) is 3.87. The van der Waals surface area contributed by atoms with E-state index in [-0.39, 0.29) is 24.6 Å². The van der Waals surface area contributed by atoms with Crippen LogP contribution in [0.2, 0.25) is 0 Å². The molecule has 2 amide bonds. The summed E-state index contributed by atoms with van der Waals surface area (Å²) in [6.07, 6.45) is 6.03. The van der Waals surface area contributed by atoms with Crippen LogP contribution in [0.3, 0.4) is 0 Å². The zero-order valence-corrected chi connectivity index (χ0v) is 18.7. The fraction of sp³-hybridized carbons (Fsp3) is 0.462. The van der Waals surface area contributed by atoms with Gasteiger partial charge < -0.3 is 19.7 Å². The Morgan fingerprint density at radius 1 is 1.00 bits per heavy atom. The van der Waals surface area contributed by atoms with E-state index in [0.717, 1.165) is 54.7 Å². The second-order valence-corrected chi connectivity index (χ2v) is 8.68. The molecular weight excluding hydrogens is 404 g/mol. The fourth-order valence-corrected chi connectivity index (χ4v) is 4.45. The lowest BCUT2D eigenvalue weighted by atomic mass is 10.1. The quantitative estimate of drug-likeness (QED) is 0.648. The number of rotatable bonds is 9. The van der Waals surface area contributed by atoms with Gasteiger partial charge in [0.25, 0.3) is 0 Å². The number of nitrogens with one attached hydrogen (secondary N) is 1. The van der Waals surface area contributed by atoms with Gasteiger partial charge in [0.1, 0.15) is 6.04 Å². The highest BCUT2D eigenvalue weighted by atomic mass is 16.7. The van der Waals surface area contributed by atoms with Crippen LogP contribution in [-0.4, -0.2) is 42.1 Å². The molecule has 0 spiro atoms. The lowest BCUT2D eigenvalue weighted by Gasteiger charge is -2.30. The molecule has 0 unspecified atom stereocenters. The minimum atomic E-state index is -0.497. The van der Waals surface area contributed by atoms with Gasteiger partial charge in [-0.25, -0.2) is 0 Å².